The SMILES string of the molecule is CO[C@@H]1[C@@H](O)[C@H](O[C@H]2CC[C@@]3(C)[C@H](CC[C@@H]4[C@@H]3CC[C@]3(C)[C@@H](C5=CC(=O)OC5)[C@@H](OC(C)=O)C[C@]43O)C2)O[C@H](C)[C@H]1O[C@@H]1O[C@H](CO)[C@@H](O)[C@H](O)[C@H]1O. The number of ether oxygens (including phenoxy) is 7. The number of carbonyl (C=O) groups excluding carboxylic acids is 2. The average molecular weight is 755 g/mol. The van der Waals surface area contributed by atoms with Gasteiger partial charge in [0, 0.05) is 37.9 Å². The number of cyclic esters (lactones) is 1. The predicted molar refractivity (Wildman–Crippen MR) is 181 cm³/mol. The Bertz CT molecular complexity index is 1410. The molecule has 0 unspecified atom stereocenters. The molecule has 0 amide bonds. The fourth-order valence-electron chi connectivity index (χ4n) is 11.9. The largest absolute Gasteiger partial charge is 0.462 e. The minimum atomic E-state index is -1.62. The van der Waals surface area contributed by atoms with Crippen LogP contribution in [0.15, 0.2) is 11.6 Å². The van der Waals surface area contributed by atoms with Crippen LogP contribution in [0, 0.1) is 34.5 Å². The Morgan fingerprint density at radius 2 is 1.66 bits per heavy atom. The van der Waals surface area contributed by atoms with E-state index in [0.717, 1.165) is 50.5 Å². The van der Waals surface area contributed by atoms with Crippen molar-refractivity contribution in [2.75, 3.05) is 20.3 Å². The van der Waals surface area contributed by atoms with E-state index in [4.69, 9.17) is 33.2 Å². The fraction of sp³-hybridized carbons (Fsp3) is 0.895. The van der Waals surface area contributed by atoms with E-state index in [1.807, 2.05) is 0 Å². The number of aliphatic hydroxyl groups excluding tert-OH is 5. The van der Waals surface area contributed by atoms with Crippen LogP contribution in [0.2, 0.25) is 0 Å². The van der Waals surface area contributed by atoms with Crippen LogP contribution in [0.1, 0.15) is 79.1 Å². The summed E-state index contributed by atoms with van der Waals surface area (Å²) < 4.78 is 41.0. The molecule has 3 aliphatic heterocycles. The lowest BCUT2D eigenvalue weighted by molar-refractivity contribution is -0.362. The van der Waals surface area contributed by atoms with Crippen molar-refractivity contribution in [1.29, 1.82) is 0 Å². The van der Waals surface area contributed by atoms with E-state index in [9.17, 15) is 40.2 Å². The maximum Gasteiger partial charge on any atom is 0.331 e. The van der Waals surface area contributed by atoms with Crippen LogP contribution in [0.25, 0.3) is 0 Å². The maximum atomic E-state index is 12.8. The van der Waals surface area contributed by atoms with Gasteiger partial charge < -0.3 is 63.8 Å². The molecule has 7 rings (SSSR count). The molecule has 4 aliphatic carbocycles. The molecule has 0 aromatic carbocycles. The van der Waals surface area contributed by atoms with Gasteiger partial charge >= 0.3 is 11.9 Å². The van der Waals surface area contributed by atoms with Gasteiger partial charge in [-0.3, -0.25) is 4.79 Å². The van der Waals surface area contributed by atoms with Gasteiger partial charge in [-0.25, -0.2) is 4.79 Å². The zero-order valence-corrected chi connectivity index (χ0v) is 31.2. The van der Waals surface area contributed by atoms with Crippen LogP contribution < -0.4 is 0 Å². The van der Waals surface area contributed by atoms with Gasteiger partial charge in [0.25, 0.3) is 0 Å². The Morgan fingerprint density at radius 1 is 0.925 bits per heavy atom. The molecular weight excluding hydrogens is 696 g/mol. The Morgan fingerprint density at radius 3 is 2.32 bits per heavy atom. The molecule has 6 fully saturated rings. The number of methoxy groups -OCH3 is 1. The van der Waals surface area contributed by atoms with Gasteiger partial charge in [0.15, 0.2) is 12.6 Å². The van der Waals surface area contributed by atoms with Crippen LogP contribution >= 0.6 is 0 Å². The highest BCUT2D eigenvalue weighted by Gasteiger charge is 2.71. The zero-order valence-electron chi connectivity index (χ0n) is 31.2. The van der Waals surface area contributed by atoms with Crippen molar-refractivity contribution in [3.8, 4) is 0 Å². The summed E-state index contributed by atoms with van der Waals surface area (Å²) >= 11 is 0. The van der Waals surface area contributed by atoms with Gasteiger partial charge in [-0.15, -0.1) is 0 Å². The predicted octanol–water partition coefficient (Wildman–Crippen LogP) is 0.476. The van der Waals surface area contributed by atoms with E-state index in [1.165, 1.54) is 20.1 Å². The number of carbonyl (C=O) groups is 2. The quantitative estimate of drug-likeness (QED) is 0.147. The molecule has 3 heterocycles. The highest BCUT2D eigenvalue weighted by molar-refractivity contribution is 5.85. The van der Waals surface area contributed by atoms with Crippen LogP contribution in [-0.4, -0.2) is 142 Å². The highest BCUT2D eigenvalue weighted by Crippen LogP contribution is 2.70. The minimum absolute atomic E-state index is 0.00547. The van der Waals surface area contributed by atoms with Crippen molar-refractivity contribution in [2.24, 2.45) is 34.5 Å². The molecule has 15 nitrogen and oxygen atoms in total. The lowest BCUT2D eigenvalue weighted by Crippen LogP contribution is -2.64. The van der Waals surface area contributed by atoms with Crippen LogP contribution in [-0.2, 0) is 42.7 Å². The van der Waals surface area contributed by atoms with Gasteiger partial charge in [0.05, 0.1) is 24.4 Å². The third-order valence-corrected chi connectivity index (χ3v) is 14.7. The Hall–Kier alpha value is -1.76. The van der Waals surface area contributed by atoms with Crippen molar-refractivity contribution in [1.82, 2.24) is 0 Å². The first kappa shape index (κ1) is 39.5. The van der Waals surface area contributed by atoms with Crippen LogP contribution in [0.4, 0.5) is 0 Å². The molecule has 0 bridgehead atoms. The molecule has 7 aliphatic rings. The van der Waals surface area contributed by atoms with Crippen LogP contribution in [0.5, 0.6) is 0 Å². The number of rotatable bonds is 8. The second kappa shape index (κ2) is 14.6. The van der Waals surface area contributed by atoms with Gasteiger partial charge in [0.1, 0.15) is 55.4 Å². The van der Waals surface area contributed by atoms with Crippen molar-refractivity contribution in [3.05, 3.63) is 11.6 Å². The molecule has 15 heteroatoms. The van der Waals surface area contributed by atoms with Crippen molar-refractivity contribution in [3.63, 3.8) is 0 Å². The first-order valence-corrected chi connectivity index (χ1v) is 19.3. The number of fused-ring (bicyclic) bond motifs is 5. The van der Waals surface area contributed by atoms with E-state index in [-0.39, 0.29) is 35.9 Å². The average Bonchev–Trinajstić information content (AvgIpc) is 3.63. The van der Waals surface area contributed by atoms with Gasteiger partial charge in [-0.05, 0) is 80.6 Å². The normalized spacial score (nSPS) is 52.5. The van der Waals surface area contributed by atoms with Gasteiger partial charge in [-0.1, -0.05) is 13.8 Å². The van der Waals surface area contributed by atoms with E-state index >= 15 is 0 Å². The van der Waals surface area contributed by atoms with Crippen molar-refractivity contribution in [2.45, 2.75) is 158 Å². The lowest BCUT2D eigenvalue weighted by atomic mass is 9.43. The second-order valence-corrected chi connectivity index (χ2v) is 17.3. The number of esters is 2. The topological polar surface area (TPSA) is 220 Å². The molecule has 0 radical (unpaired) electrons. The summed E-state index contributed by atoms with van der Waals surface area (Å²) in [6, 6.07) is 0. The monoisotopic (exact) mass is 754 g/mol. The molecule has 53 heavy (non-hydrogen) atoms. The number of aliphatic hydroxyl groups is 6. The Kier molecular flexibility index (Phi) is 10.9. The summed E-state index contributed by atoms with van der Waals surface area (Å²) in [5, 5.41) is 64.8. The van der Waals surface area contributed by atoms with E-state index in [0.29, 0.717) is 12.3 Å². The standard InChI is InChI=1S/C38H58O15/c1-17-32(53-34-30(44)29(43)28(42)25(15-39)52-34)33(47-5)31(45)35(49-17)51-21-8-10-36(3)20(13-21)6-7-23-22(36)9-11-37(4)27(19-12-26(41)48-16-19)24(50-18(2)40)14-38(23,37)46/h12,17,20-25,27-35,39,42-46H,6-11,13-16H2,1-5H3/t17-,20-,21+,22+,23-,24+,25-,27+,28-,29+,30-,31-,32-,33-,34+,35+,36+,37-,38+/m1/s1. The molecule has 4 saturated carbocycles. The minimum Gasteiger partial charge on any atom is -0.462 e. The third-order valence-electron chi connectivity index (χ3n) is 14.7. The highest BCUT2D eigenvalue weighted by atomic mass is 16.7. The van der Waals surface area contributed by atoms with Gasteiger partial charge in [-0.2, -0.15) is 0 Å². The molecular formula is C38H58O15. The molecule has 19 atom stereocenters. The maximum absolute atomic E-state index is 12.8. The summed E-state index contributed by atoms with van der Waals surface area (Å²) in [5.74, 6) is -0.574. The summed E-state index contributed by atoms with van der Waals surface area (Å²) in [7, 11) is 1.42. The van der Waals surface area contributed by atoms with Crippen molar-refractivity contribution < 1.29 is 73.4 Å². The first-order valence-electron chi connectivity index (χ1n) is 19.3. The van der Waals surface area contributed by atoms with Crippen molar-refractivity contribution >= 4 is 11.9 Å². The summed E-state index contributed by atoms with van der Waals surface area (Å²) in [6.07, 6.45) is -5.51. The summed E-state index contributed by atoms with van der Waals surface area (Å²) in [5.41, 5.74) is -0.960. The molecule has 0 aromatic heterocycles. The third kappa shape index (κ3) is 6.49. The van der Waals surface area contributed by atoms with E-state index < -0.39 is 97.1 Å². The number of hydrogen-bond acceptors (Lipinski definition) is 15. The molecule has 6 N–H and O–H groups in total. The zero-order chi connectivity index (χ0) is 38.2. The van der Waals surface area contributed by atoms with E-state index in [1.54, 1.807) is 6.92 Å². The van der Waals surface area contributed by atoms with E-state index in [2.05, 4.69) is 13.8 Å². The lowest BCUT2D eigenvalue weighted by Gasteiger charge is -2.63. The molecule has 300 valence electrons. The van der Waals surface area contributed by atoms with Gasteiger partial charge in [0.2, 0.25) is 0 Å². The molecule has 0 aromatic rings. The number of hydrogen-bond donors (Lipinski definition) is 6. The molecule has 0 spiro atoms. The first-order chi connectivity index (χ1) is 25.1. The fourth-order valence-corrected chi connectivity index (χ4v) is 11.9. The summed E-state index contributed by atoms with van der Waals surface area (Å²) in [4.78, 5) is 24.4. The smallest absolute Gasteiger partial charge is 0.331 e. The second-order valence-electron chi connectivity index (χ2n) is 17.3. The molecule has 2 saturated heterocycles. The summed E-state index contributed by atoms with van der Waals surface area (Å²) in [6.45, 7) is 7.09. The Balaban J connectivity index is 1.02. The Labute approximate surface area is 309 Å². The van der Waals surface area contributed by atoms with Crippen LogP contribution in [0.3, 0.4) is 0 Å².